The zero-order valence-corrected chi connectivity index (χ0v) is 19.0. The molecule has 33 heavy (non-hydrogen) atoms. The van der Waals surface area contributed by atoms with Crippen molar-refractivity contribution in [2.24, 2.45) is 14.1 Å². The average molecular weight is 447 g/mol. The molecule has 0 spiro atoms. The summed E-state index contributed by atoms with van der Waals surface area (Å²) in [6.07, 6.45) is -0.575. The Balaban J connectivity index is 1.91. The van der Waals surface area contributed by atoms with Crippen molar-refractivity contribution in [2.75, 3.05) is 13.7 Å². The SMILES string of the molecule is COc1ccc([C@H]2OCCn3c(-c4cccc(C)c4)c4c(=O)n(C)c(=O)n(C)c4c32)cc1O. The quantitative estimate of drug-likeness (QED) is 0.522. The maximum absolute atomic E-state index is 13.4. The second-order valence-electron chi connectivity index (χ2n) is 8.37. The largest absolute Gasteiger partial charge is 0.504 e. The molecule has 0 amide bonds. The molecular weight excluding hydrogens is 422 g/mol. The van der Waals surface area contributed by atoms with Gasteiger partial charge < -0.3 is 19.1 Å². The van der Waals surface area contributed by atoms with E-state index >= 15 is 0 Å². The number of ether oxygens (including phenoxy) is 2. The van der Waals surface area contributed by atoms with Crippen molar-refractivity contribution in [3.8, 4) is 22.8 Å². The van der Waals surface area contributed by atoms with Crippen LogP contribution < -0.4 is 16.0 Å². The van der Waals surface area contributed by atoms with E-state index in [0.717, 1.165) is 27.1 Å². The van der Waals surface area contributed by atoms with Gasteiger partial charge in [0, 0.05) is 20.6 Å². The Kier molecular flexibility index (Phi) is 4.90. The molecule has 3 heterocycles. The Morgan fingerprint density at radius 2 is 1.88 bits per heavy atom. The number of benzene rings is 2. The number of nitrogens with zero attached hydrogens (tertiary/aromatic N) is 3. The minimum atomic E-state index is -0.575. The number of methoxy groups -OCH3 is 1. The molecule has 0 saturated heterocycles. The van der Waals surface area contributed by atoms with Crippen molar-refractivity contribution in [3.63, 3.8) is 0 Å². The highest BCUT2D eigenvalue weighted by Gasteiger charge is 2.33. The van der Waals surface area contributed by atoms with Crippen LogP contribution in [0.15, 0.2) is 52.1 Å². The lowest BCUT2D eigenvalue weighted by Crippen LogP contribution is -2.37. The predicted octanol–water partition coefficient (Wildman–Crippen LogP) is 2.85. The first-order valence-corrected chi connectivity index (χ1v) is 10.7. The summed E-state index contributed by atoms with van der Waals surface area (Å²) >= 11 is 0. The van der Waals surface area contributed by atoms with Crippen LogP contribution in [-0.4, -0.2) is 32.5 Å². The Morgan fingerprint density at radius 1 is 1.09 bits per heavy atom. The van der Waals surface area contributed by atoms with E-state index in [0.29, 0.717) is 35.4 Å². The van der Waals surface area contributed by atoms with Crippen molar-refractivity contribution in [1.29, 1.82) is 0 Å². The minimum Gasteiger partial charge on any atom is -0.504 e. The van der Waals surface area contributed by atoms with Gasteiger partial charge in [0.15, 0.2) is 11.5 Å². The summed E-state index contributed by atoms with van der Waals surface area (Å²) in [4.78, 5) is 26.3. The molecule has 0 aliphatic carbocycles. The number of aromatic hydroxyl groups is 1. The van der Waals surface area contributed by atoms with E-state index < -0.39 is 11.8 Å². The average Bonchev–Trinajstić information content (AvgIpc) is 3.17. The molecule has 2 aromatic heterocycles. The van der Waals surface area contributed by atoms with Gasteiger partial charge in [-0.1, -0.05) is 29.8 Å². The molecule has 0 bridgehead atoms. The summed E-state index contributed by atoms with van der Waals surface area (Å²) < 4.78 is 16.1. The van der Waals surface area contributed by atoms with Gasteiger partial charge in [0.05, 0.1) is 36.0 Å². The molecule has 8 heteroatoms. The van der Waals surface area contributed by atoms with Gasteiger partial charge in [-0.05, 0) is 36.2 Å². The van der Waals surface area contributed by atoms with Crippen molar-refractivity contribution in [3.05, 3.63) is 80.1 Å². The number of aryl methyl sites for hydroxylation is 2. The molecule has 5 rings (SSSR count). The van der Waals surface area contributed by atoms with E-state index in [-0.39, 0.29) is 11.3 Å². The standard InChI is InChI=1S/C25H25N3O5/c1-14-6-5-7-15(12-14)20-19-21(26(2)25(31)27(3)24(19)30)22-23(33-11-10-28(20)22)16-8-9-18(32-4)17(29)13-16/h5-9,12-13,23,29H,10-11H2,1-4H3/t23-/m1/s1. The highest BCUT2D eigenvalue weighted by atomic mass is 16.5. The van der Waals surface area contributed by atoms with E-state index in [1.54, 1.807) is 19.2 Å². The molecular formula is C25H25N3O5. The molecule has 0 radical (unpaired) electrons. The summed E-state index contributed by atoms with van der Waals surface area (Å²) in [6.45, 7) is 2.95. The lowest BCUT2D eigenvalue weighted by atomic mass is 10.0. The third kappa shape index (κ3) is 3.09. The molecule has 8 nitrogen and oxygen atoms in total. The van der Waals surface area contributed by atoms with Gasteiger partial charge in [-0.3, -0.25) is 13.9 Å². The Hall–Kier alpha value is -3.78. The number of rotatable bonds is 3. The van der Waals surface area contributed by atoms with E-state index in [1.807, 2.05) is 37.3 Å². The van der Waals surface area contributed by atoms with Crippen molar-refractivity contribution in [1.82, 2.24) is 13.7 Å². The van der Waals surface area contributed by atoms with Crippen LogP contribution in [0.1, 0.15) is 22.9 Å². The molecule has 2 aromatic carbocycles. The number of hydrogen-bond donors (Lipinski definition) is 1. The van der Waals surface area contributed by atoms with E-state index in [1.165, 1.54) is 18.7 Å². The van der Waals surface area contributed by atoms with Crippen LogP contribution >= 0.6 is 0 Å². The van der Waals surface area contributed by atoms with Crippen LogP contribution in [0, 0.1) is 6.92 Å². The highest BCUT2D eigenvalue weighted by Crippen LogP contribution is 2.42. The van der Waals surface area contributed by atoms with Gasteiger partial charge in [-0.2, -0.15) is 0 Å². The fraction of sp³-hybridized carbons (Fsp3) is 0.280. The molecule has 0 fully saturated rings. The van der Waals surface area contributed by atoms with Gasteiger partial charge in [-0.15, -0.1) is 0 Å². The zero-order valence-electron chi connectivity index (χ0n) is 19.0. The molecule has 0 saturated carbocycles. The minimum absolute atomic E-state index is 0.00436. The molecule has 1 aliphatic rings. The Bertz CT molecular complexity index is 1530. The van der Waals surface area contributed by atoms with Crippen molar-refractivity contribution in [2.45, 2.75) is 19.6 Å². The smallest absolute Gasteiger partial charge is 0.331 e. The third-order valence-electron chi connectivity index (χ3n) is 6.35. The number of phenols is 1. The fourth-order valence-electron chi connectivity index (χ4n) is 4.80. The molecule has 0 unspecified atom stereocenters. The highest BCUT2D eigenvalue weighted by molar-refractivity contribution is 5.96. The first-order valence-electron chi connectivity index (χ1n) is 10.7. The van der Waals surface area contributed by atoms with E-state index in [4.69, 9.17) is 9.47 Å². The normalized spacial score (nSPS) is 15.6. The van der Waals surface area contributed by atoms with E-state index in [2.05, 4.69) is 4.57 Å². The van der Waals surface area contributed by atoms with Crippen molar-refractivity contribution < 1.29 is 14.6 Å². The first-order chi connectivity index (χ1) is 15.8. The van der Waals surface area contributed by atoms with Gasteiger partial charge in [0.25, 0.3) is 5.56 Å². The van der Waals surface area contributed by atoms with Gasteiger partial charge in [-0.25, -0.2) is 4.79 Å². The molecule has 1 aliphatic heterocycles. The monoisotopic (exact) mass is 447 g/mol. The van der Waals surface area contributed by atoms with Gasteiger partial charge in [0.2, 0.25) is 0 Å². The summed E-state index contributed by atoms with van der Waals surface area (Å²) in [5.74, 6) is 0.354. The summed E-state index contributed by atoms with van der Waals surface area (Å²) in [7, 11) is 4.66. The lowest BCUT2D eigenvalue weighted by molar-refractivity contribution is 0.0477. The van der Waals surface area contributed by atoms with Gasteiger partial charge >= 0.3 is 5.69 Å². The second-order valence-corrected chi connectivity index (χ2v) is 8.37. The number of phenolic OH excluding ortho intramolecular Hbond substituents is 1. The van der Waals surface area contributed by atoms with E-state index in [9.17, 15) is 14.7 Å². The summed E-state index contributed by atoms with van der Waals surface area (Å²) in [5, 5.41) is 10.9. The van der Waals surface area contributed by atoms with Gasteiger partial charge in [0.1, 0.15) is 6.10 Å². The van der Waals surface area contributed by atoms with Crippen molar-refractivity contribution >= 4 is 10.9 Å². The Labute approximate surface area is 189 Å². The molecule has 1 N–H and O–H groups in total. The number of aromatic nitrogens is 3. The maximum atomic E-state index is 13.4. The predicted molar refractivity (Wildman–Crippen MR) is 125 cm³/mol. The number of hydrogen-bond acceptors (Lipinski definition) is 5. The first kappa shape index (κ1) is 21.1. The summed E-state index contributed by atoms with van der Waals surface area (Å²) in [5.41, 5.74) is 3.96. The van der Waals surface area contributed by atoms with Crippen LogP contribution in [-0.2, 0) is 25.4 Å². The lowest BCUT2D eigenvalue weighted by Gasteiger charge is -2.28. The third-order valence-corrected chi connectivity index (χ3v) is 6.35. The van der Waals surface area contributed by atoms with Crippen LogP contribution in [0.2, 0.25) is 0 Å². The number of fused-ring (bicyclic) bond motifs is 3. The zero-order chi connectivity index (χ0) is 23.4. The van der Waals surface area contributed by atoms with Crippen LogP contribution in [0.3, 0.4) is 0 Å². The van der Waals surface area contributed by atoms with Crippen LogP contribution in [0.5, 0.6) is 11.5 Å². The molecule has 1 atom stereocenters. The molecule has 4 aromatic rings. The molecule has 170 valence electrons. The maximum Gasteiger partial charge on any atom is 0.331 e. The fourth-order valence-corrected chi connectivity index (χ4v) is 4.80. The summed E-state index contributed by atoms with van der Waals surface area (Å²) in [6, 6.07) is 13.1. The topological polar surface area (TPSA) is 87.6 Å². The van der Waals surface area contributed by atoms with Crippen LogP contribution in [0.4, 0.5) is 0 Å². The second kappa shape index (κ2) is 7.67. The Morgan fingerprint density at radius 3 is 2.58 bits per heavy atom. The van der Waals surface area contributed by atoms with Crippen LogP contribution in [0.25, 0.3) is 22.2 Å².